The monoisotopic (exact) mass is 341 g/mol. The Morgan fingerprint density at radius 2 is 1.95 bits per heavy atom. The van der Waals surface area contributed by atoms with E-state index in [1.54, 1.807) is 0 Å². The fourth-order valence-electron chi connectivity index (χ4n) is 2.71. The van der Waals surface area contributed by atoms with Crippen LogP contribution in [-0.4, -0.2) is 85.5 Å². The molecule has 0 aromatic carbocycles. The molecule has 2 N–H and O–H groups in total. The molecule has 0 radical (unpaired) electrons. The van der Waals surface area contributed by atoms with E-state index in [0.29, 0.717) is 6.61 Å². The lowest BCUT2D eigenvalue weighted by Gasteiger charge is -2.28. The van der Waals surface area contributed by atoms with Crippen LogP contribution in [0.1, 0.15) is 20.3 Å². The van der Waals surface area contributed by atoms with Gasteiger partial charge >= 0.3 is 0 Å². The first-order valence-electron chi connectivity index (χ1n) is 7.40. The fourth-order valence-corrected chi connectivity index (χ4v) is 2.71. The minimum absolute atomic E-state index is 0. The third-order valence-corrected chi connectivity index (χ3v) is 3.65. The van der Waals surface area contributed by atoms with E-state index in [1.807, 2.05) is 27.9 Å². The van der Waals surface area contributed by atoms with Crippen LogP contribution in [0.4, 0.5) is 0 Å². The zero-order chi connectivity index (χ0) is 15.6. The molecule has 2 aliphatic rings. The topological polar surface area (TPSA) is 80.6 Å². The van der Waals surface area contributed by atoms with Crippen molar-refractivity contribution >= 4 is 12.4 Å². The lowest BCUT2D eigenvalue weighted by molar-refractivity contribution is -0.231. The van der Waals surface area contributed by atoms with Gasteiger partial charge in [-0.3, -0.25) is 0 Å². The molecule has 0 saturated carbocycles. The number of aliphatic hydroxyl groups is 2. The molecule has 0 spiro atoms. The van der Waals surface area contributed by atoms with Crippen molar-refractivity contribution in [2.45, 2.75) is 56.8 Å². The number of aliphatic hydroxyl groups excluding tert-OH is 2. The van der Waals surface area contributed by atoms with Gasteiger partial charge in [-0.2, -0.15) is 0 Å². The molecule has 0 aromatic rings. The first kappa shape index (κ1) is 20.1. The van der Waals surface area contributed by atoms with Crippen molar-refractivity contribution in [1.82, 2.24) is 4.90 Å². The highest BCUT2D eigenvalue weighted by Gasteiger charge is 2.56. The molecule has 0 amide bonds. The van der Waals surface area contributed by atoms with Crippen molar-refractivity contribution in [2.24, 2.45) is 0 Å². The van der Waals surface area contributed by atoms with Crippen molar-refractivity contribution in [3.05, 3.63) is 0 Å². The van der Waals surface area contributed by atoms with Crippen LogP contribution in [0.5, 0.6) is 0 Å². The molecule has 2 saturated heterocycles. The first-order chi connectivity index (χ1) is 9.84. The summed E-state index contributed by atoms with van der Waals surface area (Å²) >= 11 is 0. The highest BCUT2D eigenvalue weighted by atomic mass is 35.5. The zero-order valence-corrected chi connectivity index (χ0v) is 14.4. The van der Waals surface area contributed by atoms with Gasteiger partial charge in [0.25, 0.3) is 0 Å². The van der Waals surface area contributed by atoms with Crippen LogP contribution in [0.25, 0.3) is 0 Å². The largest absolute Gasteiger partial charge is 0.394 e. The normalized spacial score (nSPS) is 34.5. The molecule has 2 fully saturated rings. The quantitative estimate of drug-likeness (QED) is 0.630. The van der Waals surface area contributed by atoms with Crippen LogP contribution < -0.4 is 0 Å². The standard InChI is InChI=1S/C14H27NO6.ClH/c1-14(2)20-12-11(18-7-5-6-15(3)4)10(9(17)8-16)19-13(12)21-14;/h9-13,16-17H,5-8H2,1-4H3;1H/t9?,10-,11+,12-,13?;/m1./s1. The maximum atomic E-state index is 9.88. The van der Waals surface area contributed by atoms with Crippen LogP contribution >= 0.6 is 12.4 Å². The summed E-state index contributed by atoms with van der Waals surface area (Å²) in [7, 11) is 4.01. The van der Waals surface area contributed by atoms with Crippen molar-refractivity contribution in [3.8, 4) is 0 Å². The second kappa shape index (κ2) is 8.21. The van der Waals surface area contributed by atoms with Crippen LogP contribution in [0.15, 0.2) is 0 Å². The Bertz CT molecular complexity index is 343. The molecule has 8 heteroatoms. The van der Waals surface area contributed by atoms with Crippen LogP contribution in [0.3, 0.4) is 0 Å². The molecule has 0 aliphatic carbocycles. The van der Waals surface area contributed by atoms with Gasteiger partial charge in [-0.25, -0.2) is 0 Å². The average Bonchev–Trinajstić information content (AvgIpc) is 2.86. The second-order valence-corrected chi connectivity index (χ2v) is 6.31. The number of nitrogens with zero attached hydrogens (tertiary/aromatic N) is 1. The third-order valence-electron chi connectivity index (χ3n) is 3.65. The summed E-state index contributed by atoms with van der Waals surface area (Å²) in [5.41, 5.74) is 0. The highest BCUT2D eigenvalue weighted by Crippen LogP contribution is 2.39. The molecule has 132 valence electrons. The molecule has 7 nitrogen and oxygen atoms in total. The Balaban J connectivity index is 0.00000242. The van der Waals surface area contributed by atoms with Crippen molar-refractivity contribution < 1.29 is 29.2 Å². The zero-order valence-electron chi connectivity index (χ0n) is 13.6. The van der Waals surface area contributed by atoms with Gasteiger partial charge in [0.05, 0.1) is 6.61 Å². The number of rotatable bonds is 7. The van der Waals surface area contributed by atoms with Gasteiger partial charge in [-0.1, -0.05) is 0 Å². The van der Waals surface area contributed by atoms with E-state index in [4.69, 9.17) is 24.1 Å². The minimum Gasteiger partial charge on any atom is -0.394 e. The van der Waals surface area contributed by atoms with Gasteiger partial charge < -0.3 is 34.1 Å². The number of halogens is 1. The summed E-state index contributed by atoms with van der Waals surface area (Å²) in [4.78, 5) is 2.08. The van der Waals surface area contributed by atoms with Crippen molar-refractivity contribution in [3.63, 3.8) is 0 Å². The number of ether oxygens (including phenoxy) is 4. The SMILES string of the molecule is CN(C)CCCO[C@H]1[C@@H](C(O)CO)OC2OC(C)(C)O[C@@H]21.Cl. The molecule has 2 unspecified atom stereocenters. The van der Waals surface area contributed by atoms with E-state index < -0.39 is 30.4 Å². The lowest BCUT2D eigenvalue weighted by Crippen LogP contribution is -2.44. The maximum Gasteiger partial charge on any atom is 0.190 e. The predicted octanol–water partition coefficient (Wildman–Crippen LogP) is -0.0253. The highest BCUT2D eigenvalue weighted by molar-refractivity contribution is 5.85. The number of fused-ring (bicyclic) bond motifs is 1. The number of hydrogen-bond donors (Lipinski definition) is 2. The molecule has 5 atom stereocenters. The molecular weight excluding hydrogens is 314 g/mol. The van der Waals surface area contributed by atoms with E-state index >= 15 is 0 Å². The van der Waals surface area contributed by atoms with Gasteiger partial charge in [0.1, 0.15) is 24.4 Å². The third kappa shape index (κ3) is 4.75. The Kier molecular flexibility index (Phi) is 7.48. The fraction of sp³-hybridized carbons (Fsp3) is 1.00. The van der Waals surface area contributed by atoms with E-state index in [2.05, 4.69) is 4.90 Å². The van der Waals surface area contributed by atoms with Gasteiger partial charge in [-0.05, 0) is 40.9 Å². The summed E-state index contributed by atoms with van der Waals surface area (Å²) in [6.45, 7) is 4.70. The smallest absolute Gasteiger partial charge is 0.190 e. The van der Waals surface area contributed by atoms with E-state index in [0.717, 1.165) is 13.0 Å². The molecule has 2 aliphatic heterocycles. The van der Waals surface area contributed by atoms with E-state index in [-0.39, 0.29) is 25.1 Å². The summed E-state index contributed by atoms with van der Waals surface area (Å²) in [6, 6.07) is 0. The maximum absolute atomic E-state index is 9.88. The van der Waals surface area contributed by atoms with Gasteiger partial charge in [0, 0.05) is 6.61 Å². The van der Waals surface area contributed by atoms with Gasteiger partial charge in [-0.15, -0.1) is 12.4 Å². The summed E-state index contributed by atoms with van der Waals surface area (Å²) in [5.74, 6) is -0.726. The van der Waals surface area contributed by atoms with Gasteiger partial charge in [0.2, 0.25) is 0 Å². The molecule has 2 heterocycles. The number of hydrogen-bond acceptors (Lipinski definition) is 7. The summed E-state index contributed by atoms with van der Waals surface area (Å²) in [5, 5.41) is 19.0. The Labute approximate surface area is 137 Å². The predicted molar refractivity (Wildman–Crippen MR) is 81.9 cm³/mol. The first-order valence-corrected chi connectivity index (χ1v) is 7.40. The van der Waals surface area contributed by atoms with E-state index in [1.165, 1.54) is 0 Å². The van der Waals surface area contributed by atoms with Crippen LogP contribution in [-0.2, 0) is 18.9 Å². The Morgan fingerprint density at radius 1 is 1.27 bits per heavy atom. The Morgan fingerprint density at radius 3 is 2.55 bits per heavy atom. The average molecular weight is 342 g/mol. The van der Waals surface area contributed by atoms with Crippen molar-refractivity contribution in [1.29, 1.82) is 0 Å². The summed E-state index contributed by atoms with van der Waals surface area (Å²) < 4.78 is 23.0. The van der Waals surface area contributed by atoms with Gasteiger partial charge in [0.15, 0.2) is 12.1 Å². The second-order valence-electron chi connectivity index (χ2n) is 6.31. The van der Waals surface area contributed by atoms with Crippen LogP contribution in [0.2, 0.25) is 0 Å². The minimum atomic E-state index is -1.01. The molecule has 22 heavy (non-hydrogen) atoms. The molecular formula is C14H28ClNO6. The molecule has 0 bridgehead atoms. The molecule has 0 aromatic heterocycles. The van der Waals surface area contributed by atoms with Crippen molar-refractivity contribution in [2.75, 3.05) is 33.9 Å². The summed E-state index contributed by atoms with van der Waals surface area (Å²) in [6.07, 6.45) is -2.17. The van der Waals surface area contributed by atoms with E-state index in [9.17, 15) is 5.11 Å². The Hall–Kier alpha value is 0.01000. The molecule has 2 rings (SSSR count). The van der Waals surface area contributed by atoms with Crippen LogP contribution in [0, 0.1) is 0 Å². The lowest BCUT2D eigenvalue weighted by atomic mass is 10.1.